The molecule has 1 aliphatic heterocycles. The van der Waals surface area contributed by atoms with Crippen molar-refractivity contribution in [3.63, 3.8) is 0 Å². The van der Waals surface area contributed by atoms with Crippen LogP contribution in [0.5, 0.6) is 0 Å². The van der Waals surface area contributed by atoms with Gasteiger partial charge in [0.15, 0.2) is 0 Å². The zero-order valence-electron chi connectivity index (χ0n) is 12.2. The Morgan fingerprint density at radius 1 is 1.30 bits per heavy atom. The lowest BCUT2D eigenvalue weighted by Crippen LogP contribution is -2.42. The highest BCUT2D eigenvalue weighted by Crippen LogP contribution is 2.50. The molecule has 1 heterocycles. The van der Waals surface area contributed by atoms with Crippen LogP contribution in [-0.2, 0) is 19.0 Å². The Morgan fingerprint density at radius 3 is 2.45 bits per heavy atom. The minimum absolute atomic E-state index is 0.160. The summed E-state index contributed by atoms with van der Waals surface area (Å²) in [5, 5.41) is 0. The molecule has 2 saturated carbocycles. The van der Waals surface area contributed by atoms with Crippen molar-refractivity contribution in [3.05, 3.63) is 23.7 Å². The Kier molecular flexibility index (Phi) is 3.48. The number of carbonyl (C=O) groups is 1. The molecule has 0 radical (unpaired) electrons. The molecule has 0 aromatic heterocycles. The standard InChI is InChI=1S/C16H22O4/c1-3-18-15(17)11(2)14-7-12-6-13(8-14)10-16(9-12)19-4-5-20-16/h4-5,12-13H,3,6-10H2,1-2H3. The van der Waals surface area contributed by atoms with Crippen molar-refractivity contribution in [3.8, 4) is 0 Å². The van der Waals surface area contributed by atoms with Crippen LogP contribution in [0.1, 0.15) is 46.0 Å². The number of rotatable bonds is 2. The molecule has 0 N–H and O–H groups in total. The summed E-state index contributed by atoms with van der Waals surface area (Å²) in [6.07, 6.45) is 8.29. The van der Waals surface area contributed by atoms with Crippen molar-refractivity contribution in [2.75, 3.05) is 6.61 Å². The van der Waals surface area contributed by atoms with Gasteiger partial charge in [0.05, 0.1) is 6.61 Å². The van der Waals surface area contributed by atoms with Crippen LogP contribution in [0.2, 0.25) is 0 Å². The maximum Gasteiger partial charge on any atom is 0.333 e. The second-order valence-electron chi connectivity index (χ2n) is 6.15. The van der Waals surface area contributed by atoms with Gasteiger partial charge < -0.3 is 14.2 Å². The maximum atomic E-state index is 11.9. The number of hydrogen-bond acceptors (Lipinski definition) is 4. The van der Waals surface area contributed by atoms with E-state index < -0.39 is 5.79 Å². The zero-order valence-corrected chi connectivity index (χ0v) is 12.2. The zero-order chi connectivity index (χ0) is 14.2. The van der Waals surface area contributed by atoms with Crippen LogP contribution in [0.4, 0.5) is 0 Å². The van der Waals surface area contributed by atoms with Crippen LogP contribution in [0.15, 0.2) is 23.7 Å². The lowest BCUT2D eigenvalue weighted by atomic mass is 9.67. The number of ether oxygens (including phenoxy) is 3. The molecule has 2 unspecified atom stereocenters. The van der Waals surface area contributed by atoms with Crippen LogP contribution < -0.4 is 0 Å². The smallest absolute Gasteiger partial charge is 0.333 e. The van der Waals surface area contributed by atoms with Gasteiger partial charge in [-0.05, 0) is 44.9 Å². The highest BCUT2D eigenvalue weighted by molar-refractivity contribution is 5.88. The Morgan fingerprint density at radius 2 is 1.90 bits per heavy atom. The average molecular weight is 278 g/mol. The van der Waals surface area contributed by atoms with Gasteiger partial charge in [-0.15, -0.1) is 0 Å². The van der Waals surface area contributed by atoms with Crippen molar-refractivity contribution >= 4 is 5.97 Å². The summed E-state index contributed by atoms with van der Waals surface area (Å²) in [6.45, 7) is 4.18. The van der Waals surface area contributed by atoms with Gasteiger partial charge in [0.2, 0.25) is 5.79 Å². The van der Waals surface area contributed by atoms with Gasteiger partial charge in [-0.3, -0.25) is 0 Å². The van der Waals surface area contributed by atoms with Crippen LogP contribution in [-0.4, -0.2) is 18.4 Å². The molecule has 0 aromatic rings. The molecule has 4 nitrogen and oxygen atoms in total. The quantitative estimate of drug-likeness (QED) is 0.574. The minimum Gasteiger partial charge on any atom is -0.463 e. The predicted molar refractivity (Wildman–Crippen MR) is 73.4 cm³/mol. The number of fused-ring (bicyclic) bond motifs is 2. The highest BCUT2D eigenvalue weighted by atomic mass is 16.7. The van der Waals surface area contributed by atoms with Crippen molar-refractivity contribution in [1.29, 1.82) is 0 Å². The molecule has 20 heavy (non-hydrogen) atoms. The van der Waals surface area contributed by atoms with Crippen LogP contribution >= 0.6 is 0 Å². The van der Waals surface area contributed by atoms with Crippen molar-refractivity contribution in [2.24, 2.45) is 11.8 Å². The summed E-state index contributed by atoms with van der Waals surface area (Å²) in [6, 6.07) is 0. The molecule has 2 bridgehead atoms. The second-order valence-corrected chi connectivity index (χ2v) is 6.15. The Bertz CT molecular complexity index is 437. The molecule has 3 rings (SSSR count). The Hall–Kier alpha value is -1.45. The summed E-state index contributed by atoms with van der Waals surface area (Å²) in [7, 11) is 0. The Labute approximate surface area is 119 Å². The van der Waals surface area contributed by atoms with Gasteiger partial charge in [-0.25, -0.2) is 4.79 Å². The monoisotopic (exact) mass is 278 g/mol. The third kappa shape index (κ3) is 2.43. The van der Waals surface area contributed by atoms with Gasteiger partial charge >= 0.3 is 5.97 Å². The van der Waals surface area contributed by atoms with Crippen molar-refractivity contribution in [1.82, 2.24) is 0 Å². The van der Waals surface area contributed by atoms with Crippen LogP contribution in [0, 0.1) is 11.8 Å². The first-order valence-electron chi connectivity index (χ1n) is 7.48. The largest absolute Gasteiger partial charge is 0.463 e. The lowest BCUT2D eigenvalue weighted by molar-refractivity contribution is -0.187. The summed E-state index contributed by atoms with van der Waals surface area (Å²) in [5.74, 6) is 0.507. The SMILES string of the molecule is CCOC(=O)C(C)=C1CC2CC(C1)CC1(C2)OC=CO1. The molecule has 0 saturated heterocycles. The molecule has 4 heteroatoms. The fraction of sp³-hybridized carbons (Fsp3) is 0.688. The molecule has 0 aromatic carbocycles. The predicted octanol–water partition coefficient (Wildman–Crippen LogP) is 3.29. The summed E-state index contributed by atoms with van der Waals surface area (Å²) >= 11 is 0. The Balaban J connectivity index is 1.73. The third-order valence-electron chi connectivity index (χ3n) is 4.67. The van der Waals surface area contributed by atoms with E-state index >= 15 is 0 Å². The van der Waals surface area contributed by atoms with E-state index in [-0.39, 0.29) is 5.97 Å². The molecule has 110 valence electrons. The van der Waals surface area contributed by atoms with E-state index in [1.807, 2.05) is 13.8 Å². The fourth-order valence-electron chi connectivity index (χ4n) is 3.91. The van der Waals surface area contributed by atoms with E-state index in [2.05, 4.69) is 0 Å². The molecule has 2 aliphatic carbocycles. The second kappa shape index (κ2) is 5.15. The minimum atomic E-state index is -0.420. The molecule has 2 fully saturated rings. The van der Waals surface area contributed by atoms with Gasteiger partial charge in [-0.2, -0.15) is 0 Å². The highest BCUT2D eigenvalue weighted by Gasteiger charge is 2.47. The molecular weight excluding hydrogens is 256 g/mol. The maximum absolute atomic E-state index is 11.9. The van der Waals surface area contributed by atoms with Gasteiger partial charge in [0.1, 0.15) is 12.5 Å². The van der Waals surface area contributed by atoms with E-state index in [0.29, 0.717) is 18.4 Å². The van der Waals surface area contributed by atoms with Crippen LogP contribution in [0.25, 0.3) is 0 Å². The van der Waals surface area contributed by atoms with Crippen molar-refractivity contribution < 1.29 is 19.0 Å². The van der Waals surface area contributed by atoms with Crippen LogP contribution in [0.3, 0.4) is 0 Å². The topological polar surface area (TPSA) is 44.8 Å². The van der Waals surface area contributed by atoms with E-state index in [1.54, 1.807) is 12.5 Å². The fourth-order valence-corrected chi connectivity index (χ4v) is 3.91. The van der Waals surface area contributed by atoms with E-state index in [1.165, 1.54) is 12.0 Å². The van der Waals surface area contributed by atoms with E-state index in [4.69, 9.17) is 14.2 Å². The summed E-state index contributed by atoms with van der Waals surface area (Å²) in [5.41, 5.74) is 2.08. The van der Waals surface area contributed by atoms with Gasteiger partial charge in [-0.1, -0.05) is 5.57 Å². The third-order valence-corrected chi connectivity index (χ3v) is 4.67. The van der Waals surface area contributed by atoms with Gasteiger partial charge in [0, 0.05) is 18.4 Å². The molecule has 1 spiro atoms. The van der Waals surface area contributed by atoms with Crippen molar-refractivity contribution in [2.45, 2.75) is 51.7 Å². The first kappa shape index (κ1) is 13.5. The molecule has 3 aliphatic rings. The number of allylic oxidation sites excluding steroid dienone is 1. The number of hydrogen-bond donors (Lipinski definition) is 0. The molecule has 2 atom stereocenters. The van der Waals surface area contributed by atoms with E-state index in [0.717, 1.165) is 31.3 Å². The number of carbonyl (C=O) groups excluding carboxylic acids is 1. The molecular formula is C16H22O4. The van der Waals surface area contributed by atoms with Gasteiger partial charge in [0.25, 0.3) is 0 Å². The molecule has 0 amide bonds. The normalized spacial score (nSPS) is 29.8. The summed E-state index contributed by atoms with van der Waals surface area (Å²) < 4.78 is 16.5. The first-order valence-corrected chi connectivity index (χ1v) is 7.48. The number of esters is 1. The average Bonchev–Trinajstić information content (AvgIpc) is 2.84. The first-order chi connectivity index (χ1) is 9.62. The summed E-state index contributed by atoms with van der Waals surface area (Å²) in [4.78, 5) is 11.9. The van der Waals surface area contributed by atoms with E-state index in [9.17, 15) is 4.79 Å². The lowest BCUT2D eigenvalue weighted by Gasteiger charge is -2.44.